The van der Waals surface area contributed by atoms with Gasteiger partial charge in [0.05, 0.1) is 17.8 Å². The standard InChI is InChI=1S/C13H22F3N3/c1-9(2)5-17-6-10(3)11(4)19-8-12(7-18-19)13(14,15)16/h7-11,17H,5-6H2,1-4H3. The molecule has 2 unspecified atom stereocenters. The Kier molecular flexibility index (Phi) is 5.40. The van der Waals surface area contributed by atoms with Gasteiger partial charge in [-0.1, -0.05) is 20.8 Å². The van der Waals surface area contributed by atoms with Crippen LogP contribution in [0.5, 0.6) is 0 Å². The second kappa shape index (κ2) is 6.41. The van der Waals surface area contributed by atoms with Crippen LogP contribution in [0.15, 0.2) is 12.4 Å². The van der Waals surface area contributed by atoms with Gasteiger partial charge in [-0.2, -0.15) is 18.3 Å². The third-order valence-electron chi connectivity index (χ3n) is 3.19. The van der Waals surface area contributed by atoms with Crippen molar-refractivity contribution in [3.63, 3.8) is 0 Å². The van der Waals surface area contributed by atoms with Crippen LogP contribution in [0, 0.1) is 11.8 Å². The molecular weight excluding hydrogens is 255 g/mol. The van der Waals surface area contributed by atoms with Crippen molar-refractivity contribution in [1.29, 1.82) is 0 Å². The molecule has 0 fully saturated rings. The van der Waals surface area contributed by atoms with Crippen molar-refractivity contribution in [3.8, 4) is 0 Å². The number of halogens is 3. The summed E-state index contributed by atoms with van der Waals surface area (Å²) in [5, 5.41) is 7.12. The summed E-state index contributed by atoms with van der Waals surface area (Å²) in [6.07, 6.45) is -2.37. The summed E-state index contributed by atoms with van der Waals surface area (Å²) in [5.74, 6) is 0.767. The van der Waals surface area contributed by atoms with E-state index in [9.17, 15) is 13.2 Å². The number of alkyl halides is 3. The van der Waals surface area contributed by atoms with E-state index in [1.165, 1.54) is 4.68 Å². The lowest BCUT2D eigenvalue weighted by Gasteiger charge is -2.21. The molecule has 0 saturated carbocycles. The zero-order chi connectivity index (χ0) is 14.6. The second-order valence-corrected chi connectivity index (χ2v) is 5.48. The van der Waals surface area contributed by atoms with Crippen LogP contribution in [-0.2, 0) is 6.18 Å². The smallest absolute Gasteiger partial charge is 0.316 e. The van der Waals surface area contributed by atoms with Crippen LogP contribution in [0.1, 0.15) is 39.3 Å². The fourth-order valence-corrected chi connectivity index (χ4v) is 1.74. The van der Waals surface area contributed by atoms with E-state index in [4.69, 9.17) is 0 Å². The third kappa shape index (κ3) is 4.86. The Morgan fingerprint density at radius 1 is 1.21 bits per heavy atom. The summed E-state index contributed by atoms with van der Waals surface area (Å²) in [4.78, 5) is 0. The molecule has 3 nitrogen and oxygen atoms in total. The number of aromatic nitrogens is 2. The van der Waals surface area contributed by atoms with Gasteiger partial charge in [0.25, 0.3) is 0 Å². The molecule has 1 aromatic heterocycles. The molecule has 6 heteroatoms. The highest BCUT2D eigenvalue weighted by Gasteiger charge is 2.32. The molecule has 0 saturated heterocycles. The fourth-order valence-electron chi connectivity index (χ4n) is 1.74. The Morgan fingerprint density at radius 3 is 2.32 bits per heavy atom. The molecule has 0 aliphatic rings. The van der Waals surface area contributed by atoms with Crippen molar-refractivity contribution >= 4 is 0 Å². The SMILES string of the molecule is CC(C)CNCC(C)C(C)n1cc(C(F)(F)F)cn1. The van der Waals surface area contributed by atoms with Crippen molar-refractivity contribution in [2.45, 2.75) is 39.9 Å². The first-order valence-electron chi connectivity index (χ1n) is 6.54. The highest BCUT2D eigenvalue weighted by molar-refractivity contribution is 5.08. The molecule has 1 heterocycles. The maximum atomic E-state index is 12.5. The van der Waals surface area contributed by atoms with E-state index < -0.39 is 11.7 Å². The first-order valence-corrected chi connectivity index (χ1v) is 6.54. The average molecular weight is 277 g/mol. The minimum absolute atomic E-state index is 0.0734. The summed E-state index contributed by atoms with van der Waals surface area (Å²) in [6.45, 7) is 9.79. The Morgan fingerprint density at radius 2 is 1.84 bits per heavy atom. The van der Waals surface area contributed by atoms with E-state index >= 15 is 0 Å². The second-order valence-electron chi connectivity index (χ2n) is 5.48. The van der Waals surface area contributed by atoms with Crippen LogP contribution in [0.4, 0.5) is 13.2 Å². The number of hydrogen-bond donors (Lipinski definition) is 1. The summed E-state index contributed by atoms with van der Waals surface area (Å²) in [6, 6.07) is -0.0734. The van der Waals surface area contributed by atoms with Gasteiger partial charge < -0.3 is 5.32 Å². The van der Waals surface area contributed by atoms with Crippen molar-refractivity contribution in [1.82, 2.24) is 15.1 Å². The van der Waals surface area contributed by atoms with E-state index in [1.807, 2.05) is 13.8 Å². The molecule has 1 N–H and O–H groups in total. The maximum Gasteiger partial charge on any atom is 0.419 e. The molecule has 0 radical (unpaired) electrons. The van der Waals surface area contributed by atoms with Gasteiger partial charge in [0.15, 0.2) is 0 Å². The molecule has 0 aromatic carbocycles. The normalized spacial score (nSPS) is 15.8. The van der Waals surface area contributed by atoms with Crippen LogP contribution >= 0.6 is 0 Å². The van der Waals surface area contributed by atoms with Crippen LogP contribution in [0.25, 0.3) is 0 Å². The van der Waals surface area contributed by atoms with Crippen LogP contribution in [-0.4, -0.2) is 22.9 Å². The van der Waals surface area contributed by atoms with Crippen molar-refractivity contribution in [2.75, 3.05) is 13.1 Å². The summed E-state index contributed by atoms with van der Waals surface area (Å²) >= 11 is 0. The van der Waals surface area contributed by atoms with Gasteiger partial charge in [0.1, 0.15) is 0 Å². The average Bonchev–Trinajstić information content (AvgIpc) is 2.76. The largest absolute Gasteiger partial charge is 0.419 e. The van der Waals surface area contributed by atoms with Gasteiger partial charge in [0.2, 0.25) is 0 Å². The Hall–Kier alpha value is -1.04. The lowest BCUT2D eigenvalue weighted by Crippen LogP contribution is -2.29. The highest BCUT2D eigenvalue weighted by atomic mass is 19.4. The fraction of sp³-hybridized carbons (Fsp3) is 0.769. The molecule has 0 amide bonds. The summed E-state index contributed by atoms with van der Waals surface area (Å²) in [5.41, 5.74) is -0.693. The molecule has 0 aliphatic heterocycles. The number of nitrogens with one attached hydrogen (secondary N) is 1. The number of nitrogens with zero attached hydrogens (tertiary/aromatic N) is 2. The third-order valence-corrected chi connectivity index (χ3v) is 3.19. The molecule has 2 atom stereocenters. The van der Waals surface area contributed by atoms with Crippen LogP contribution in [0.3, 0.4) is 0 Å². The predicted octanol–water partition coefficient (Wildman–Crippen LogP) is 3.34. The molecular formula is C13H22F3N3. The first-order chi connectivity index (χ1) is 8.71. The van der Waals surface area contributed by atoms with Crippen LogP contribution in [0.2, 0.25) is 0 Å². The van der Waals surface area contributed by atoms with Gasteiger partial charge in [-0.15, -0.1) is 0 Å². The summed E-state index contributed by atoms with van der Waals surface area (Å²) in [7, 11) is 0. The minimum Gasteiger partial charge on any atom is -0.316 e. The summed E-state index contributed by atoms with van der Waals surface area (Å²) < 4.78 is 38.9. The first kappa shape index (κ1) is 16.0. The van der Waals surface area contributed by atoms with Crippen molar-refractivity contribution in [2.24, 2.45) is 11.8 Å². The molecule has 0 spiro atoms. The monoisotopic (exact) mass is 277 g/mol. The van der Waals surface area contributed by atoms with Gasteiger partial charge in [-0.05, 0) is 31.8 Å². The zero-order valence-electron chi connectivity index (χ0n) is 11.8. The van der Waals surface area contributed by atoms with Gasteiger partial charge >= 0.3 is 6.18 Å². The lowest BCUT2D eigenvalue weighted by molar-refractivity contribution is -0.137. The van der Waals surface area contributed by atoms with E-state index in [0.717, 1.165) is 25.5 Å². The predicted molar refractivity (Wildman–Crippen MR) is 68.8 cm³/mol. The van der Waals surface area contributed by atoms with Crippen LogP contribution < -0.4 is 5.32 Å². The van der Waals surface area contributed by atoms with Crippen molar-refractivity contribution < 1.29 is 13.2 Å². The molecule has 1 rings (SSSR count). The minimum atomic E-state index is -4.32. The molecule has 1 aromatic rings. The topological polar surface area (TPSA) is 29.9 Å². The highest BCUT2D eigenvalue weighted by Crippen LogP contribution is 2.29. The number of hydrogen-bond acceptors (Lipinski definition) is 2. The molecule has 19 heavy (non-hydrogen) atoms. The lowest BCUT2D eigenvalue weighted by atomic mass is 10.0. The van der Waals surface area contributed by atoms with E-state index in [0.29, 0.717) is 5.92 Å². The van der Waals surface area contributed by atoms with Crippen molar-refractivity contribution in [3.05, 3.63) is 18.0 Å². The zero-order valence-corrected chi connectivity index (χ0v) is 11.8. The quantitative estimate of drug-likeness (QED) is 0.864. The maximum absolute atomic E-state index is 12.5. The Labute approximate surface area is 112 Å². The molecule has 110 valence electrons. The Bertz CT molecular complexity index is 385. The van der Waals surface area contributed by atoms with E-state index in [1.54, 1.807) is 0 Å². The van der Waals surface area contributed by atoms with E-state index in [2.05, 4.69) is 24.3 Å². The molecule has 0 aliphatic carbocycles. The van der Waals surface area contributed by atoms with Gasteiger partial charge in [-0.25, -0.2) is 0 Å². The Balaban J connectivity index is 2.57. The molecule has 0 bridgehead atoms. The van der Waals surface area contributed by atoms with Gasteiger partial charge in [0, 0.05) is 6.20 Å². The van der Waals surface area contributed by atoms with Gasteiger partial charge in [-0.3, -0.25) is 4.68 Å². The number of rotatable bonds is 6. The van der Waals surface area contributed by atoms with E-state index in [-0.39, 0.29) is 12.0 Å².